The van der Waals surface area contributed by atoms with Gasteiger partial charge >= 0.3 is 0 Å². The van der Waals surface area contributed by atoms with Crippen LogP contribution >= 0.6 is 24.8 Å². The summed E-state index contributed by atoms with van der Waals surface area (Å²) >= 11 is 0. The molecule has 2 saturated heterocycles. The fourth-order valence-electron chi connectivity index (χ4n) is 3.14. The van der Waals surface area contributed by atoms with E-state index in [1.165, 1.54) is 6.42 Å². The molecule has 0 aromatic carbocycles. The van der Waals surface area contributed by atoms with Gasteiger partial charge in [0.1, 0.15) is 0 Å². The molecule has 7 nitrogen and oxygen atoms in total. The van der Waals surface area contributed by atoms with Crippen LogP contribution in [0.4, 0.5) is 5.69 Å². The average Bonchev–Trinajstić information content (AvgIpc) is 3.24. The minimum atomic E-state index is 0. The van der Waals surface area contributed by atoms with Crippen LogP contribution in [0.25, 0.3) is 0 Å². The van der Waals surface area contributed by atoms with Crippen LogP contribution in [-0.2, 0) is 16.1 Å². The Kier molecular flexibility index (Phi) is 10.4. The van der Waals surface area contributed by atoms with Crippen LogP contribution in [0.1, 0.15) is 19.3 Å². The number of amides is 1. The van der Waals surface area contributed by atoms with E-state index in [-0.39, 0.29) is 30.7 Å². The number of rotatable bonds is 7. The Morgan fingerprint density at radius 1 is 1.32 bits per heavy atom. The largest absolute Gasteiger partial charge is 0.379 e. The molecule has 3 heterocycles. The summed E-state index contributed by atoms with van der Waals surface area (Å²) in [6, 6.07) is 0. The maximum Gasteiger partial charge on any atom is 0.224 e. The van der Waals surface area contributed by atoms with E-state index in [9.17, 15) is 4.79 Å². The van der Waals surface area contributed by atoms with Gasteiger partial charge in [-0.2, -0.15) is 5.10 Å². The predicted molar refractivity (Wildman–Crippen MR) is 103 cm³/mol. The van der Waals surface area contributed by atoms with Gasteiger partial charge < -0.3 is 15.4 Å². The van der Waals surface area contributed by atoms with Crippen molar-refractivity contribution >= 4 is 36.4 Å². The smallest absolute Gasteiger partial charge is 0.224 e. The summed E-state index contributed by atoms with van der Waals surface area (Å²) in [5.41, 5.74) is 0.793. The van der Waals surface area contributed by atoms with Crippen molar-refractivity contribution in [2.24, 2.45) is 5.92 Å². The number of ether oxygens (including phenoxy) is 1. The van der Waals surface area contributed by atoms with Gasteiger partial charge in [0.15, 0.2) is 0 Å². The Hall–Kier alpha value is -0.860. The van der Waals surface area contributed by atoms with E-state index < -0.39 is 0 Å². The molecule has 2 aliphatic heterocycles. The first-order chi connectivity index (χ1) is 11.3. The number of nitrogens with one attached hydrogen (secondary N) is 2. The highest BCUT2D eigenvalue weighted by Crippen LogP contribution is 2.15. The molecule has 1 atom stereocenters. The van der Waals surface area contributed by atoms with Crippen molar-refractivity contribution in [1.82, 2.24) is 20.0 Å². The van der Waals surface area contributed by atoms with Crippen LogP contribution in [0.2, 0.25) is 0 Å². The van der Waals surface area contributed by atoms with Crippen molar-refractivity contribution < 1.29 is 9.53 Å². The summed E-state index contributed by atoms with van der Waals surface area (Å²) in [4.78, 5) is 14.4. The van der Waals surface area contributed by atoms with Crippen molar-refractivity contribution in [2.75, 3.05) is 51.3 Å². The fraction of sp³-hybridized carbons (Fsp3) is 0.750. The maximum absolute atomic E-state index is 12.0. The monoisotopic (exact) mass is 393 g/mol. The molecule has 0 saturated carbocycles. The third-order valence-electron chi connectivity index (χ3n) is 4.61. The molecule has 0 aliphatic carbocycles. The van der Waals surface area contributed by atoms with Crippen molar-refractivity contribution in [3.05, 3.63) is 12.4 Å². The Labute approximate surface area is 161 Å². The van der Waals surface area contributed by atoms with Crippen LogP contribution < -0.4 is 10.6 Å². The van der Waals surface area contributed by atoms with E-state index in [1.807, 2.05) is 10.9 Å². The predicted octanol–water partition coefficient (Wildman–Crippen LogP) is 1.39. The Balaban J connectivity index is 0.00000156. The van der Waals surface area contributed by atoms with Crippen LogP contribution in [0.5, 0.6) is 0 Å². The number of halogens is 2. The zero-order valence-electron chi connectivity index (χ0n) is 14.5. The van der Waals surface area contributed by atoms with Gasteiger partial charge in [0, 0.05) is 32.3 Å². The second-order valence-electron chi connectivity index (χ2n) is 6.39. The molecule has 144 valence electrons. The fourth-order valence-corrected chi connectivity index (χ4v) is 3.14. The molecular formula is C16H29Cl2N5O2. The van der Waals surface area contributed by atoms with Crippen LogP contribution in [0, 0.1) is 5.92 Å². The first-order valence-electron chi connectivity index (χ1n) is 8.63. The Morgan fingerprint density at radius 2 is 2.12 bits per heavy atom. The number of hydrogen-bond acceptors (Lipinski definition) is 5. The molecule has 2 N–H and O–H groups in total. The minimum absolute atomic E-state index is 0. The maximum atomic E-state index is 12.0. The van der Waals surface area contributed by atoms with Gasteiger partial charge in [-0.3, -0.25) is 14.4 Å². The molecule has 1 amide bonds. The summed E-state index contributed by atoms with van der Waals surface area (Å²) < 4.78 is 7.24. The Bertz CT molecular complexity index is 502. The topological polar surface area (TPSA) is 71.4 Å². The summed E-state index contributed by atoms with van der Waals surface area (Å²) in [7, 11) is 0. The zero-order chi connectivity index (χ0) is 15.9. The van der Waals surface area contributed by atoms with Crippen molar-refractivity contribution in [2.45, 2.75) is 25.8 Å². The van der Waals surface area contributed by atoms with Gasteiger partial charge in [-0.05, 0) is 31.8 Å². The van der Waals surface area contributed by atoms with Crippen molar-refractivity contribution in [1.29, 1.82) is 0 Å². The zero-order valence-corrected chi connectivity index (χ0v) is 16.1. The highest BCUT2D eigenvalue weighted by Gasteiger charge is 2.16. The molecule has 1 unspecified atom stereocenters. The third-order valence-corrected chi connectivity index (χ3v) is 4.61. The molecular weight excluding hydrogens is 365 g/mol. The van der Waals surface area contributed by atoms with Crippen molar-refractivity contribution in [3.63, 3.8) is 0 Å². The van der Waals surface area contributed by atoms with Gasteiger partial charge in [-0.1, -0.05) is 0 Å². The lowest BCUT2D eigenvalue weighted by Gasteiger charge is -2.26. The number of carbonyl (C=O) groups is 1. The first-order valence-corrected chi connectivity index (χ1v) is 8.63. The van der Waals surface area contributed by atoms with E-state index >= 15 is 0 Å². The molecule has 0 bridgehead atoms. The molecule has 9 heteroatoms. The number of morpholine rings is 1. The van der Waals surface area contributed by atoms with Gasteiger partial charge in [0.25, 0.3) is 0 Å². The molecule has 0 radical (unpaired) electrons. The molecule has 2 aliphatic rings. The third kappa shape index (κ3) is 7.50. The molecule has 1 aromatic rings. The lowest BCUT2D eigenvalue weighted by atomic mass is 10.0. The SMILES string of the molecule is Cl.Cl.O=C(CCC1CCNC1)Nc1cnn(CCN2CCOCC2)c1. The van der Waals surface area contributed by atoms with E-state index in [0.29, 0.717) is 12.3 Å². The van der Waals surface area contributed by atoms with Crippen molar-refractivity contribution in [3.8, 4) is 0 Å². The highest BCUT2D eigenvalue weighted by atomic mass is 35.5. The number of anilines is 1. The van der Waals surface area contributed by atoms with Gasteiger partial charge in [0.05, 0.1) is 31.6 Å². The summed E-state index contributed by atoms with van der Waals surface area (Å²) in [6.07, 6.45) is 6.38. The van der Waals surface area contributed by atoms with E-state index in [4.69, 9.17) is 4.74 Å². The van der Waals surface area contributed by atoms with Crippen LogP contribution in [0.15, 0.2) is 12.4 Å². The summed E-state index contributed by atoms with van der Waals surface area (Å²) in [5, 5.41) is 10.6. The second kappa shape index (κ2) is 11.7. The van der Waals surface area contributed by atoms with Gasteiger partial charge in [-0.15, -0.1) is 24.8 Å². The van der Waals surface area contributed by atoms with E-state index in [1.54, 1.807) is 6.20 Å². The molecule has 0 spiro atoms. The number of carbonyl (C=O) groups excluding carboxylic acids is 1. The highest BCUT2D eigenvalue weighted by molar-refractivity contribution is 5.90. The standard InChI is InChI=1S/C16H27N5O2.2ClH/c22-16(2-1-14-3-4-17-11-14)19-15-12-18-21(13-15)6-5-20-7-9-23-10-8-20;;/h12-14,17H,1-11H2,(H,19,22);2*1H. The number of hydrogen-bond donors (Lipinski definition) is 2. The molecule has 1 aromatic heterocycles. The van der Waals surface area contributed by atoms with Gasteiger partial charge in [-0.25, -0.2) is 0 Å². The Morgan fingerprint density at radius 3 is 2.84 bits per heavy atom. The van der Waals surface area contributed by atoms with Gasteiger partial charge in [0.2, 0.25) is 5.91 Å². The van der Waals surface area contributed by atoms with Crippen LogP contribution in [-0.4, -0.2) is 66.5 Å². The first kappa shape index (κ1) is 22.2. The normalized spacial score (nSPS) is 20.6. The summed E-state index contributed by atoms with van der Waals surface area (Å²) in [6.45, 7) is 7.54. The van der Waals surface area contributed by atoms with E-state index in [0.717, 1.165) is 64.6 Å². The molecule has 2 fully saturated rings. The minimum Gasteiger partial charge on any atom is -0.379 e. The number of aromatic nitrogens is 2. The number of nitrogens with zero attached hydrogens (tertiary/aromatic N) is 3. The molecule has 3 rings (SSSR count). The lowest BCUT2D eigenvalue weighted by molar-refractivity contribution is -0.116. The second-order valence-corrected chi connectivity index (χ2v) is 6.39. The molecule has 25 heavy (non-hydrogen) atoms. The van der Waals surface area contributed by atoms with Crippen LogP contribution in [0.3, 0.4) is 0 Å². The quantitative estimate of drug-likeness (QED) is 0.732. The summed E-state index contributed by atoms with van der Waals surface area (Å²) in [5.74, 6) is 0.738. The lowest BCUT2D eigenvalue weighted by Crippen LogP contribution is -2.38. The average molecular weight is 394 g/mol. The van der Waals surface area contributed by atoms with E-state index in [2.05, 4.69) is 20.6 Å².